The van der Waals surface area contributed by atoms with Crippen LogP contribution in [0.4, 0.5) is 5.69 Å². The third kappa shape index (κ3) is 3.02. The Morgan fingerprint density at radius 1 is 1.19 bits per heavy atom. The van der Waals surface area contributed by atoms with Gasteiger partial charge >= 0.3 is 0 Å². The largest absolute Gasteiger partial charge is 0.508 e. The summed E-state index contributed by atoms with van der Waals surface area (Å²) < 4.78 is 1.71. The lowest BCUT2D eigenvalue weighted by atomic mass is 10.1. The second-order valence-corrected chi connectivity index (χ2v) is 4.82. The van der Waals surface area contributed by atoms with Gasteiger partial charge in [-0.05, 0) is 42.8 Å². The summed E-state index contributed by atoms with van der Waals surface area (Å²) in [6.07, 6.45) is 5.35. The van der Waals surface area contributed by atoms with Gasteiger partial charge in [-0.15, -0.1) is 0 Å². The van der Waals surface area contributed by atoms with Gasteiger partial charge in [0.2, 0.25) is 0 Å². The average Bonchev–Trinajstić information content (AvgIpc) is 3.02. The molecule has 0 aliphatic carbocycles. The van der Waals surface area contributed by atoms with Gasteiger partial charge in [0.05, 0.1) is 11.9 Å². The molecular formula is C16H16N4O. The molecule has 1 atom stereocenters. The molecule has 0 radical (unpaired) electrons. The van der Waals surface area contributed by atoms with E-state index in [-0.39, 0.29) is 11.8 Å². The standard InChI is InChI=1S/C16H16N4O/c1-12(13-4-2-5-15(21)10-13)19-14-6-7-16(17-11-14)20-9-3-8-18-20/h2-12,19,21H,1H3. The molecule has 0 spiro atoms. The average molecular weight is 280 g/mol. The fourth-order valence-corrected chi connectivity index (χ4v) is 2.14. The first-order valence-electron chi connectivity index (χ1n) is 6.74. The number of aromatic nitrogens is 3. The lowest BCUT2D eigenvalue weighted by Gasteiger charge is -2.16. The zero-order chi connectivity index (χ0) is 14.7. The molecule has 3 aromatic rings. The monoisotopic (exact) mass is 280 g/mol. The van der Waals surface area contributed by atoms with Crippen LogP contribution in [-0.4, -0.2) is 19.9 Å². The summed E-state index contributed by atoms with van der Waals surface area (Å²) in [5.41, 5.74) is 1.94. The smallest absolute Gasteiger partial charge is 0.153 e. The first-order valence-corrected chi connectivity index (χ1v) is 6.74. The molecule has 5 heteroatoms. The lowest BCUT2D eigenvalue weighted by Crippen LogP contribution is -2.07. The molecule has 21 heavy (non-hydrogen) atoms. The summed E-state index contributed by atoms with van der Waals surface area (Å²) in [6.45, 7) is 2.04. The zero-order valence-electron chi connectivity index (χ0n) is 11.6. The first-order chi connectivity index (χ1) is 10.2. The van der Waals surface area contributed by atoms with Crippen molar-refractivity contribution in [2.24, 2.45) is 0 Å². The number of aromatic hydroxyl groups is 1. The number of phenols is 1. The van der Waals surface area contributed by atoms with Crippen LogP contribution in [0.1, 0.15) is 18.5 Å². The van der Waals surface area contributed by atoms with Gasteiger partial charge in [-0.2, -0.15) is 5.10 Å². The van der Waals surface area contributed by atoms with Gasteiger partial charge in [0.25, 0.3) is 0 Å². The molecule has 2 aromatic heterocycles. The SMILES string of the molecule is CC(Nc1ccc(-n2cccn2)nc1)c1cccc(O)c1. The Morgan fingerprint density at radius 2 is 2.10 bits per heavy atom. The summed E-state index contributed by atoms with van der Waals surface area (Å²) >= 11 is 0. The second kappa shape index (κ2) is 5.66. The fraction of sp³-hybridized carbons (Fsp3) is 0.125. The van der Waals surface area contributed by atoms with Gasteiger partial charge in [-0.1, -0.05) is 12.1 Å². The highest BCUT2D eigenvalue weighted by Crippen LogP contribution is 2.22. The van der Waals surface area contributed by atoms with E-state index < -0.39 is 0 Å². The van der Waals surface area contributed by atoms with Crippen LogP contribution in [0.5, 0.6) is 5.75 Å². The zero-order valence-corrected chi connectivity index (χ0v) is 11.6. The predicted molar refractivity (Wildman–Crippen MR) is 81.5 cm³/mol. The molecule has 1 unspecified atom stereocenters. The molecular weight excluding hydrogens is 264 g/mol. The van der Waals surface area contributed by atoms with Crippen LogP contribution in [0.25, 0.3) is 5.82 Å². The van der Waals surface area contributed by atoms with Crippen LogP contribution in [0.15, 0.2) is 61.1 Å². The molecule has 5 nitrogen and oxygen atoms in total. The van der Waals surface area contributed by atoms with E-state index in [9.17, 15) is 5.11 Å². The Labute approximate surface area is 122 Å². The highest BCUT2D eigenvalue weighted by atomic mass is 16.3. The number of anilines is 1. The van der Waals surface area contributed by atoms with Gasteiger partial charge in [0, 0.05) is 18.4 Å². The number of hydrogen-bond donors (Lipinski definition) is 2. The van der Waals surface area contributed by atoms with Crippen LogP contribution in [0.3, 0.4) is 0 Å². The van der Waals surface area contributed by atoms with Crippen LogP contribution in [0, 0.1) is 0 Å². The molecule has 0 bridgehead atoms. The summed E-state index contributed by atoms with van der Waals surface area (Å²) in [4.78, 5) is 4.37. The molecule has 2 heterocycles. The maximum absolute atomic E-state index is 9.52. The summed E-state index contributed by atoms with van der Waals surface area (Å²) in [6, 6.07) is 13.0. The normalized spacial score (nSPS) is 12.0. The van der Waals surface area contributed by atoms with E-state index in [1.54, 1.807) is 29.2 Å². The van der Waals surface area contributed by atoms with Crippen molar-refractivity contribution >= 4 is 5.69 Å². The van der Waals surface area contributed by atoms with Crippen molar-refractivity contribution in [1.29, 1.82) is 0 Å². The van der Waals surface area contributed by atoms with Crippen molar-refractivity contribution in [3.8, 4) is 11.6 Å². The fourth-order valence-electron chi connectivity index (χ4n) is 2.14. The Hall–Kier alpha value is -2.82. The van der Waals surface area contributed by atoms with Crippen molar-refractivity contribution in [1.82, 2.24) is 14.8 Å². The number of phenolic OH excluding ortho intramolecular Hbond substituents is 1. The maximum Gasteiger partial charge on any atom is 0.153 e. The van der Waals surface area contributed by atoms with Gasteiger partial charge in [0.1, 0.15) is 5.75 Å². The third-order valence-corrected chi connectivity index (χ3v) is 3.24. The molecule has 3 rings (SSSR count). The lowest BCUT2D eigenvalue weighted by molar-refractivity contribution is 0.474. The molecule has 0 saturated carbocycles. The van der Waals surface area contributed by atoms with Gasteiger partial charge in [0.15, 0.2) is 5.82 Å². The second-order valence-electron chi connectivity index (χ2n) is 4.82. The van der Waals surface area contributed by atoms with Crippen LogP contribution < -0.4 is 5.32 Å². The number of pyridine rings is 1. The van der Waals surface area contributed by atoms with E-state index in [0.717, 1.165) is 17.1 Å². The van der Waals surface area contributed by atoms with Crippen LogP contribution in [-0.2, 0) is 0 Å². The van der Waals surface area contributed by atoms with Crippen molar-refractivity contribution in [2.45, 2.75) is 13.0 Å². The first kappa shape index (κ1) is 13.2. The number of nitrogens with zero attached hydrogens (tertiary/aromatic N) is 3. The number of hydrogen-bond acceptors (Lipinski definition) is 4. The van der Waals surface area contributed by atoms with E-state index in [1.807, 2.05) is 43.5 Å². The van der Waals surface area contributed by atoms with Crippen LogP contribution in [0.2, 0.25) is 0 Å². The molecule has 106 valence electrons. The minimum Gasteiger partial charge on any atom is -0.508 e. The van der Waals surface area contributed by atoms with Crippen molar-refractivity contribution in [3.63, 3.8) is 0 Å². The van der Waals surface area contributed by atoms with Crippen molar-refractivity contribution < 1.29 is 5.11 Å². The van der Waals surface area contributed by atoms with Gasteiger partial charge in [-0.3, -0.25) is 0 Å². The van der Waals surface area contributed by atoms with E-state index in [0.29, 0.717) is 0 Å². The molecule has 0 fully saturated rings. The van der Waals surface area contributed by atoms with E-state index in [4.69, 9.17) is 0 Å². The Kier molecular flexibility index (Phi) is 3.55. The Morgan fingerprint density at radius 3 is 2.76 bits per heavy atom. The maximum atomic E-state index is 9.52. The summed E-state index contributed by atoms with van der Waals surface area (Å²) in [5.74, 6) is 1.05. The molecule has 1 aromatic carbocycles. The minimum absolute atomic E-state index is 0.0782. The number of nitrogens with one attached hydrogen (secondary N) is 1. The molecule has 0 aliphatic heterocycles. The topological polar surface area (TPSA) is 63.0 Å². The highest BCUT2D eigenvalue weighted by molar-refractivity contribution is 5.46. The molecule has 0 saturated heterocycles. The van der Waals surface area contributed by atoms with E-state index in [2.05, 4.69) is 15.4 Å². The van der Waals surface area contributed by atoms with Gasteiger partial charge in [-0.25, -0.2) is 9.67 Å². The Balaban J connectivity index is 1.73. The Bertz CT molecular complexity index is 707. The number of rotatable bonds is 4. The minimum atomic E-state index is 0.0782. The predicted octanol–water partition coefficient (Wildman–Crippen LogP) is 3.15. The summed E-state index contributed by atoms with van der Waals surface area (Å²) in [5, 5.41) is 17.0. The third-order valence-electron chi connectivity index (χ3n) is 3.24. The van der Waals surface area contributed by atoms with E-state index in [1.165, 1.54) is 0 Å². The molecule has 0 aliphatic rings. The summed E-state index contributed by atoms with van der Waals surface area (Å²) in [7, 11) is 0. The highest BCUT2D eigenvalue weighted by Gasteiger charge is 2.06. The van der Waals surface area contributed by atoms with E-state index >= 15 is 0 Å². The van der Waals surface area contributed by atoms with Crippen LogP contribution >= 0.6 is 0 Å². The van der Waals surface area contributed by atoms with Crippen molar-refractivity contribution in [3.05, 3.63) is 66.6 Å². The molecule has 0 amide bonds. The van der Waals surface area contributed by atoms with Gasteiger partial charge < -0.3 is 10.4 Å². The quantitative estimate of drug-likeness (QED) is 0.770. The van der Waals surface area contributed by atoms with Crippen molar-refractivity contribution in [2.75, 3.05) is 5.32 Å². The molecule has 2 N–H and O–H groups in total. The number of benzene rings is 1.